The Bertz CT molecular complexity index is 820. The third-order valence-electron chi connectivity index (χ3n) is 5.25. The first kappa shape index (κ1) is 16.0. The number of rotatable bonds is 3. The molecular formula is C19H22N4O2. The average Bonchev–Trinajstić information content (AvgIpc) is 3.25. The lowest BCUT2D eigenvalue weighted by Gasteiger charge is -2.31. The summed E-state index contributed by atoms with van der Waals surface area (Å²) in [5.74, 6) is 1.10. The fraction of sp³-hybridized carbons (Fsp3) is 0.421. The van der Waals surface area contributed by atoms with Gasteiger partial charge in [-0.3, -0.25) is 4.79 Å². The molecule has 0 saturated heterocycles. The second-order valence-electron chi connectivity index (χ2n) is 6.97. The van der Waals surface area contributed by atoms with Crippen molar-refractivity contribution in [3.8, 4) is 0 Å². The number of nitrogens with zero attached hydrogens (tertiary/aromatic N) is 3. The van der Waals surface area contributed by atoms with Crippen LogP contribution in [0.25, 0.3) is 6.08 Å². The van der Waals surface area contributed by atoms with Gasteiger partial charge >= 0.3 is 0 Å². The number of nitrogens with two attached hydrogens (primary N) is 1. The molecule has 1 fully saturated rings. The summed E-state index contributed by atoms with van der Waals surface area (Å²) in [6.45, 7) is 1.57. The van der Waals surface area contributed by atoms with Crippen LogP contribution in [-0.2, 0) is 16.8 Å². The fourth-order valence-electron chi connectivity index (χ4n) is 3.85. The van der Waals surface area contributed by atoms with Crippen molar-refractivity contribution in [1.82, 2.24) is 15.0 Å². The van der Waals surface area contributed by atoms with Crippen molar-refractivity contribution >= 4 is 12.0 Å². The SMILES string of the molecule is CC(=O)N1C=Cc2ccccc2C1Cc1nc(C2(N)CCCC2)no1. The molecule has 1 amide bonds. The maximum absolute atomic E-state index is 12.1. The molecule has 25 heavy (non-hydrogen) atoms. The number of carbonyl (C=O) groups excluding carboxylic acids is 1. The second-order valence-corrected chi connectivity index (χ2v) is 6.97. The van der Waals surface area contributed by atoms with Crippen LogP contribution in [-0.4, -0.2) is 20.9 Å². The third kappa shape index (κ3) is 2.87. The Morgan fingerprint density at radius 2 is 2.12 bits per heavy atom. The van der Waals surface area contributed by atoms with E-state index in [1.165, 1.54) is 0 Å². The molecule has 2 N–H and O–H groups in total. The lowest BCUT2D eigenvalue weighted by atomic mass is 9.93. The molecule has 1 atom stereocenters. The van der Waals surface area contributed by atoms with Crippen LogP contribution in [0.15, 0.2) is 35.0 Å². The number of hydrogen-bond donors (Lipinski definition) is 1. The van der Waals surface area contributed by atoms with E-state index in [-0.39, 0.29) is 11.9 Å². The Hall–Kier alpha value is -2.47. The summed E-state index contributed by atoms with van der Waals surface area (Å²) in [7, 11) is 0. The van der Waals surface area contributed by atoms with E-state index >= 15 is 0 Å². The van der Waals surface area contributed by atoms with Gasteiger partial charge in [0, 0.05) is 13.1 Å². The van der Waals surface area contributed by atoms with Crippen molar-refractivity contribution in [3.05, 3.63) is 53.3 Å². The fourth-order valence-corrected chi connectivity index (χ4v) is 3.85. The minimum Gasteiger partial charge on any atom is -0.339 e. The molecule has 2 aliphatic rings. The van der Waals surface area contributed by atoms with Crippen molar-refractivity contribution in [3.63, 3.8) is 0 Å². The van der Waals surface area contributed by atoms with Gasteiger partial charge in [0.25, 0.3) is 0 Å². The molecule has 1 aromatic carbocycles. The third-order valence-corrected chi connectivity index (χ3v) is 5.25. The van der Waals surface area contributed by atoms with Gasteiger partial charge in [-0.1, -0.05) is 42.3 Å². The highest BCUT2D eigenvalue weighted by Gasteiger charge is 2.36. The summed E-state index contributed by atoms with van der Waals surface area (Å²) in [6, 6.07) is 7.91. The predicted molar refractivity (Wildman–Crippen MR) is 93.1 cm³/mol. The van der Waals surface area contributed by atoms with Gasteiger partial charge in [0.15, 0.2) is 5.82 Å². The highest BCUT2D eigenvalue weighted by Crippen LogP contribution is 2.36. The number of carbonyl (C=O) groups is 1. The maximum Gasteiger partial charge on any atom is 0.229 e. The maximum atomic E-state index is 12.1. The summed E-state index contributed by atoms with van der Waals surface area (Å²) >= 11 is 0. The summed E-state index contributed by atoms with van der Waals surface area (Å²) in [5, 5.41) is 4.13. The summed E-state index contributed by atoms with van der Waals surface area (Å²) in [5.41, 5.74) is 8.15. The molecule has 4 rings (SSSR count). The van der Waals surface area contributed by atoms with Crippen LogP contribution < -0.4 is 5.73 Å². The lowest BCUT2D eigenvalue weighted by molar-refractivity contribution is -0.128. The first-order chi connectivity index (χ1) is 12.1. The number of benzene rings is 1. The first-order valence-corrected chi connectivity index (χ1v) is 8.75. The van der Waals surface area contributed by atoms with Crippen LogP contribution in [0.5, 0.6) is 0 Å². The van der Waals surface area contributed by atoms with Crippen LogP contribution >= 0.6 is 0 Å². The molecular weight excluding hydrogens is 316 g/mol. The average molecular weight is 338 g/mol. The van der Waals surface area contributed by atoms with Gasteiger partial charge in [0.2, 0.25) is 11.8 Å². The standard InChI is InChI=1S/C19H22N4O2/c1-13(24)23-11-8-14-6-2-3-7-15(14)16(23)12-17-21-18(22-25-17)19(20)9-4-5-10-19/h2-3,6-8,11,16H,4-5,9-10,12,20H2,1H3. The molecule has 2 heterocycles. The minimum absolute atomic E-state index is 0.0124. The van der Waals surface area contributed by atoms with E-state index in [4.69, 9.17) is 10.3 Å². The van der Waals surface area contributed by atoms with E-state index in [1.54, 1.807) is 11.8 Å². The molecule has 0 bridgehead atoms. The zero-order valence-electron chi connectivity index (χ0n) is 14.3. The molecule has 1 saturated carbocycles. The molecule has 0 spiro atoms. The molecule has 1 aliphatic carbocycles. The Morgan fingerprint density at radius 3 is 2.88 bits per heavy atom. The van der Waals surface area contributed by atoms with Gasteiger partial charge in [-0.25, -0.2) is 0 Å². The summed E-state index contributed by atoms with van der Waals surface area (Å²) in [4.78, 5) is 18.3. The van der Waals surface area contributed by atoms with Crippen molar-refractivity contribution in [1.29, 1.82) is 0 Å². The van der Waals surface area contributed by atoms with E-state index < -0.39 is 5.54 Å². The summed E-state index contributed by atoms with van der Waals surface area (Å²) < 4.78 is 5.48. The zero-order chi connectivity index (χ0) is 17.4. The van der Waals surface area contributed by atoms with E-state index in [1.807, 2.05) is 36.5 Å². The Kier molecular flexibility index (Phi) is 3.92. The van der Waals surface area contributed by atoms with E-state index in [0.717, 1.165) is 36.8 Å². The number of hydrogen-bond acceptors (Lipinski definition) is 5. The van der Waals surface area contributed by atoms with Crippen molar-refractivity contribution < 1.29 is 9.32 Å². The highest BCUT2D eigenvalue weighted by molar-refractivity contribution is 5.77. The molecule has 130 valence electrons. The monoisotopic (exact) mass is 338 g/mol. The van der Waals surface area contributed by atoms with Crippen LogP contribution in [0.2, 0.25) is 0 Å². The quantitative estimate of drug-likeness (QED) is 0.930. The van der Waals surface area contributed by atoms with Gasteiger partial charge in [0.05, 0.1) is 18.0 Å². The Balaban J connectivity index is 1.63. The van der Waals surface area contributed by atoms with Gasteiger partial charge in [-0.2, -0.15) is 4.98 Å². The second kappa shape index (κ2) is 6.11. The van der Waals surface area contributed by atoms with Crippen LogP contribution in [0.3, 0.4) is 0 Å². The number of fused-ring (bicyclic) bond motifs is 1. The van der Waals surface area contributed by atoms with Gasteiger partial charge in [-0.05, 0) is 30.0 Å². The smallest absolute Gasteiger partial charge is 0.229 e. The minimum atomic E-state index is -0.466. The molecule has 1 aliphatic heterocycles. The summed E-state index contributed by atoms with van der Waals surface area (Å²) in [6.07, 6.45) is 8.23. The zero-order valence-corrected chi connectivity index (χ0v) is 14.3. The molecule has 6 heteroatoms. The molecule has 1 unspecified atom stereocenters. The topological polar surface area (TPSA) is 85.2 Å². The predicted octanol–water partition coefficient (Wildman–Crippen LogP) is 2.91. The normalized spacial score (nSPS) is 21.4. The largest absolute Gasteiger partial charge is 0.339 e. The van der Waals surface area contributed by atoms with Crippen LogP contribution in [0.1, 0.15) is 61.5 Å². The van der Waals surface area contributed by atoms with E-state index in [0.29, 0.717) is 18.1 Å². The van der Waals surface area contributed by atoms with Crippen molar-refractivity contribution in [2.75, 3.05) is 0 Å². The van der Waals surface area contributed by atoms with E-state index in [9.17, 15) is 4.79 Å². The molecule has 2 aromatic rings. The first-order valence-electron chi connectivity index (χ1n) is 8.75. The lowest BCUT2D eigenvalue weighted by Crippen LogP contribution is -2.34. The molecule has 6 nitrogen and oxygen atoms in total. The van der Waals surface area contributed by atoms with Crippen molar-refractivity contribution in [2.24, 2.45) is 5.73 Å². The number of amides is 1. The van der Waals surface area contributed by atoms with Gasteiger partial charge < -0.3 is 15.2 Å². The Morgan fingerprint density at radius 1 is 1.36 bits per heavy atom. The Labute approximate surface area is 146 Å². The number of aromatic nitrogens is 2. The van der Waals surface area contributed by atoms with Crippen LogP contribution in [0, 0.1) is 0 Å². The van der Waals surface area contributed by atoms with Gasteiger partial charge in [-0.15, -0.1) is 0 Å². The van der Waals surface area contributed by atoms with E-state index in [2.05, 4.69) is 10.1 Å². The van der Waals surface area contributed by atoms with Gasteiger partial charge in [0.1, 0.15) is 0 Å². The van der Waals surface area contributed by atoms with Crippen LogP contribution in [0.4, 0.5) is 0 Å². The van der Waals surface area contributed by atoms with Crippen molar-refractivity contribution in [2.45, 2.75) is 50.6 Å². The molecule has 0 radical (unpaired) electrons. The highest BCUT2D eigenvalue weighted by atomic mass is 16.5. The molecule has 1 aromatic heterocycles.